The predicted octanol–water partition coefficient (Wildman–Crippen LogP) is 1.96. The van der Waals surface area contributed by atoms with Gasteiger partial charge in [-0.2, -0.15) is 0 Å². The first-order chi connectivity index (χ1) is 10.1. The van der Waals surface area contributed by atoms with E-state index in [0.717, 1.165) is 37.1 Å². The lowest BCUT2D eigenvalue weighted by molar-refractivity contribution is -0.123. The van der Waals surface area contributed by atoms with E-state index in [1.54, 1.807) is 0 Å². The summed E-state index contributed by atoms with van der Waals surface area (Å²) in [5.74, 6) is -0.00623. The number of carbonyl (C=O) groups excluding carboxylic acids is 2. The van der Waals surface area contributed by atoms with E-state index in [4.69, 9.17) is 0 Å². The Morgan fingerprint density at radius 1 is 1.38 bits per heavy atom. The van der Waals surface area contributed by atoms with Crippen LogP contribution in [0, 0.1) is 0 Å². The summed E-state index contributed by atoms with van der Waals surface area (Å²) in [7, 11) is 0. The Morgan fingerprint density at radius 2 is 2.19 bits per heavy atom. The largest absolute Gasteiger partial charge is 0.355 e. The fraction of sp³-hybridized carbons (Fsp3) is 0.500. The fourth-order valence-electron chi connectivity index (χ4n) is 2.59. The Labute approximate surface area is 125 Å². The van der Waals surface area contributed by atoms with E-state index in [1.165, 1.54) is 6.92 Å². The SMILES string of the molecule is CC(=O)Nc1cccc(C(C)NC2CCCCNC2=O)c1. The Bertz CT molecular complexity index is 516. The molecule has 0 aliphatic carbocycles. The minimum Gasteiger partial charge on any atom is -0.355 e. The van der Waals surface area contributed by atoms with Crippen LogP contribution in [0.1, 0.15) is 44.7 Å². The Balaban J connectivity index is 2.03. The topological polar surface area (TPSA) is 70.2 Å². The summed E-state index contributed by atoms with van der Waals surface area (Å²) >= 11 is 0. The van der Waals surface area contributed by atoms with Crippen molar-refractivity contribution in [2.45, 2.75) is 45.2 Å². The first kappa shape index (κ1) is 15.5. The number of hydrogen-bond donors (Lipinski definition) is 3. The van der Waals surface area contributed by atoms with Gasteiger partial charge in [-0.3, -0.25) is 14.9 Å². The van der Waals surface area contributed by atoms with Gasteiger partial charge in [-0.1, -0.05) is 12.1 Å². The summed E-state index contributed by atoms with van der Waals surface area (Å²) in [6, 6.07) is 7.60. The molecule has 21 heavy (non-hydrogen) atoms. The van der Waals surface area contributed by atoms with Crippen LogP contribution in [0.3, 0.4) is 0 Å². The van der Waals surface area contributed by atoms with Crippen molar-refractivity contribution in [3.63, 3.8) is 0 Å². The first-order valence-electron chi connectivity index (χ1n) is 7.47. The molecule has 0 radical (unpaired) electrons. The highest BCUT2D eigenvalue weighted by molar-refractivity contribution is 5.88. The lowest BCUT2D eigenvalue weighted by Crippen LogP contribution is -2.43. The summed E-state index contributed by atoms with van der Waals surface area (Å²) in [6.45, 7) is 4.29. The molecule has 1 aromatic carbocycles. The van der Waals surface area contributed by atoms with E-state index in [9.17, 15) is 9.59 Å². The van der Waals surface area contributed by atoms with Crippen LogP contribution in [-0.4, -0.2) is 24.4 Å². The Kier molecular flexibility index (Phi) is 5.33. The number of hydrogen-bond acceptors (Lipinski definition) is 3. The molecule has 1 heterocycles. The van der Waals surface area contributed by atoms with Gasteiger partial charge in [0.15, 0.2) is 0 Å². The van der Waals surface area contributed by atoms with Crippen LogP contribution in [0.2, 0.25) is 0 Å². The molecule has 2 atom stereocenters. The van der Waals surface area contributed by atoms with Crippen molar-refractivity contribution < 1.29 is 9.59 Å². The van der Waals surface area contributed by atoms with Gasteiger partial charge in [0, 0.05) is 25.2 Å². The van der Waals surface area contributed by atoms with E-state index >= 15 is 0 Å². The van der Waals surface area contributed by atoms with E-state index in [1.807, 2.05) is 31.2 Å². The van der Waals surface area contributed by atoms with Crippen LogP contribution in [-0.2, 0) is 9.59 Å². The minimum atomic E-state index is -0.146. The maximum Gasteiger partial charge on any atom is 0.237 e. The van der Waals surface area contributed by atoms with Crippen molar-refractivity contribution in [1.29, 1.82) is 0 Å². The Morgan fingerprint density at radius 3 is 2.95 bits per heavy atom. The molecule has 2 unspecified atom stereocenters. The molecular weight excluding hydrogens is 266 g/mol. The van der Waals surface area contributed by atoms with Crippen molar-refractivity contribution in [3.05, 3.63) is 29.8 Å². The fourth-order valence-corrected chi connectivity index (χ4v) is 2.59. The second-order valence-electron chi connectivity index (χ2n) is 5.53. The lowest BCUT2D eigenvalue weighted by atomic mass is 10.0. The van der Waals surface area contributed by atoms with Crippen molar-refractivity contribution >= 4 is 17.5 Å². The maximum absolute atomic E-state index is 12.0. The van der Waals surface area contributed by atoms with Crippen LogP contribution >= 0.6 is 0 Å². The van der Waals surface area contributed by atoms with Gasteiger partial charge in [0.2, 0.25) is 11.8 Å². The highest BCUT2D eigenvalue weighted by atomic mass is 16.2. The summed E-state index contributed by atoms with van der Waals surface area (Å²) in [6.07, 6.45) is 2.95. The average molecular weight is 289 g/mol. The molecule has 5 nitrogen and oxygen atoms in total. The van der Waals surface area contributed by atoms with Crippen molar-refractivity contribution in [2.24, 2.45) is 0 Å². The monoisotopic (exact) mass is 289 g/mol. The first-order valence-corrected chi connectivity index (χ1v) is 7.47. The summed E-state index contributed by atoms with van der Waals surface area (Å²) in [5.41, 5.74) is 1.83. The molecule has 1 aliphatic rings. The highest BCUT2D eigenvalue weighted by Gasteiger charge is 2.22. The van der Waals surface area contributed by atoms with Gasteiger partial charge in [0.05, 0.1) is 6.04 Å². The third-order valence-corrected chi connectivity index (χ3v) is 3.69. The van der Waals surface area contributed by atoms with Gasteiger partial charge in [-0.15, -0.1) is 0 Å². The summed E-state index contributed by atoms with van der Waals surface area (Å²) in [5, 5.41) is 9.09. The van der Waals surface area contributed by atoms with Crippen LogP contribution in [0.4, 0.5) is 5.69 Å². The van der Waals surface area contributed by atoms with Gasteiger partial charge in [-0.25, -0.2) is 0 Å². The van der Waals surface area contributed by atoms with Crippen molar-refractivity contribution in [3.8, 4) is 0 Å². The third kappa shape index (κ3) is 4.56. The zero-order chi connectivity index (χ0) is 15.2. The molecule has 0 aromatic heterocycles. The average Bonchev–Trinajstić information content (AvgIpc) is 2.64. The molecule has 0 spiro atoms. The molecule has 3 N–H and O–H groups in total. The second-order valence-corrected chi connectivity index (χ2v) is 5.53. The molecule has 2 amide bonds. The number of nitrogens with one attached hydrogen (secondary N) is 3. The van der Waals surface area contributed by atoms with Gasteiger partial charge in [0.25, 0.3) is 0 Å². The molecule has 1 aliphatic heterocycles. The van der Waals surface area contributed by atoms with Gasteiger partial charge < -0.3 is 10.6 Å². The van der Waals surface area contributed by atoms with Gasteiger partial charge in [0.1, 0.15) is 0 Å². The van der Waals surface area contributed by atoms with Crippen LogP contribution < -0.4 is 16.0 Å². The zero-order valence-electron chi connectivity index (χ0n) is 12.6. The molecule has 0 saturated carbocycles. The third-order valence-electron chi connectivity index (χ3n) is 3.69. The minimum absolute atomic E-state index is 0.0487. The van der Waals surface area contributed by atoms with Crippen LogP contribution in [0.25, 0.3) is 0 Å². The number of benzene rings is 1. The molecule has 1 aromatic rings. The molecule has 2 rings (SSSR count). The Hall–Kier alpha value is -1.88. The van der Waals surface area contributed by atoms with E-state index < -0.39 is 0 Å². The van der Waals surface area contributed by atoms with Crippen molar-refractivity contribution in [2.75, 3.05) is 11.9 Å². The molecular formula is C16H23N3O2. The van der Waals surface area contributed by atoms with E-state index in [2.05, 4.69) is 16.0 Å². The standard InChI is InChI=1S/C16H23N3O2/c1-11(18-15-8-3-4-9-17-16(15)21)13-6-5-7-14(10-13)19-12(2)20/h5-7,10-11,15,18H,3-4,8-9H2,1-2H3,(H,17,21)(H,19,20). The zero-order valence-corrected chi connectivity index (χ0v) is 12.6. The van der Waals surface area contributed by atoms with Crippen LogP contribution in [0.5, 0.6) is 0 Å². The highest BCUT2D eigenvalue weighted by Crippen LogP contribution is 2.19. The summed E-state index contributed by atoms with van der Waals surface area (Å²) in [4.78, 5) is 23.1. The molecule has 1 saturated heterocycles. The normalized spacial score (nSPS) is 20.3. The molecule has 0 bridgehead atoms. The maximum atomic E-state index is 12.0. The smallest absolute Gasteiger partial charge is 0.237 e. The predicted molar refractivity (Wildman–Crippen MR) is 82.9 cm³/mol. The second kappa shape index (κ2) is 7.22. The number of carbonyl (C=O) groups is 2. The number of amides is 2. The van der Waals surface area contributed by atoms with E-state index in [-0.39, 0.29) is 23.9 Å². The molecule has 1 fully saturated rings. The van der Waals surface area contributed by atoms with Crippen LogP contribution in [0.15, 0.2) is 24.3 Å². The van der Waals surface area contributed by atoms with Gasteiger partial charge >= 0.3 is 0 Å². The quantitative estimate of drug-likeness (QED) is 0.793. The van der Waals surface area contributed by atoms with Gasteiger partial charge in [-0.05, 0) is 43.9 Å². The molecule has 114 valence electrons. The number of anilines is 1. The lowest BCUT2D eigenvalue weighted by Gasteiger charge is -2.21. The van der Waals surface area contributed by atoms with Crippen molar-refractivity contribution in [1.82, 2.24) is 10.6 Å². The molecule has 5 heteroatoms. The number of rotatable bonds is 4. The summed E-state index contributed by atoms with van der Waals surface area (Å²) < 4.78 is 0. The van der Waals surface area contributed by atoms with E-state index in [0.29, 0.717) is 0 Å².